The van der Waals surface area contributed by atoms with Crippen molar-refractivity contribution in [3.63, 3.8) is 0 Å². The molecule has 1 fully saturated rings. The predicted molar refractivity (Wildman–Crippen MR) is 138 cm³/mol. The summed E-state index contributed by atoms with van der Waals surface area (Å²) in [4.78, 5) is 13.6. The minimum Gasteiger partial charge on any atom is -0.366 e. The molecule has 6 heteroatoms. The predicted octanol–water partition coefficient (Wildman–Crippen LogP) is 5.28. The van der Waals surface area contributed by atoms with Crippen molar-refractivity contribution in [2.45, 2.75) is 44.9 Å². The van der Waals surface area contributed by atoms with Crippen LogP contribution in [0.5, 0.6) is 0 Å². The molecule has 2 aliphatic rings. The Balaban J connectivity index is 1.60. The molecule has 0 bridgehead atoms. The maximum Gasteiger partial charge on any atom is 0.170 e. The molecule has 1 N–H and O–H groups in total. The molecule has 33 heavy (non-hydrogen) atoms. The summed E-state index contributed by atoms with van der Waals surface area (Å²) in [7, 11) is 2.17. The van der Waals surface area contributed by atoms with Gasteiger partial charge in [-0.2, -0.15) is 0 Å². The third-order valence-electron chi connectivity index (χ3n) is 6.86. The van der Waals surface area contributed by atoms with E-state index in [4.69, 9.17) is 12.2 Å². The van der Waals surface area contributed by atoms with E-state index >= 15 is 0 Å². The molecule has 0 radical (unpaired) electrons. The van der Waals surface area contributed by atoms with Gasteiger partial charge < -0.3 is 15.1 Å². The summed E-state index contributed by atoms with van der Waals surface area (Å²) in [5, 5.41) is 4.29. The second-order valence-corrected chi connectivity index (χ2v) is 9.82. The van der Waals surface area contributed by atoms with Crippen LogP contribution in [0.1, 0.15) is 55.2 Å². The largest absolute Gasteiger partial charge is 0.366 e. The molecule has 5 rings (SSSR count). The third-order valence-corrected chi connectivity index (χ3v) is 7.21. The molecule has 3 aromatic rings. The van der Waals surface area contributed by atoms with Crippen LogP contribution < -0.4 is 10.2 Å². The normalized spacial score (nSPS) is 21.5. The van der Waals surface area contributed by atoms with Crippen molar-refractivity contribution in [2.24, 2.45) is 0 Å². The van der Waals surface area contributed by atoms with E-state index in [0.29, 0.717) is 6.54 Å². The van der Waals surface area contributed by atoms with Crippen molar-refractivity contribution < 1.29 is 0 Å². The summed E-state index contributed by atoms with van der Waals surface area (Å²) in [6.07, 6.45) is 7.90. The zero-order valence-corrected chi connectivity index (χ0v) is 20.3. The summed E-state index contributed by atoms with van der Waals surface area (Å²) in [6, 6.07) is 16.9. The molecule has 0 saturated carbocycles. The molecular weight excluding hydrogens is 426 g/mol. The number of likely N-dealkylation sites (N-methyl/N-ethyl adjacent to an activating group) is 1. The summed E-state index contributed by atoms with van der Waals surface area (Å²) in [6.45, 7) is 7.39. The number of fused-ring (bicyclic) bond motifs is 1. The van der Waals surface area contributed by atoms with Gasteiger partial charge in [0.15, 0.2) is 5.11 Å². The molecule has 2 atom stereocenters. The van der Waals surface area contributed by atoms with E-state index in [1.165, 1.54) is 22.4 Å². The number of benzene rings is 1. The number of hydrogen-bond donors (Lipinski definition) is 1. The number of allylic oxidation sites excluding steroid dienone is 1. The van der Waals surface area contributed by atoms with Gasteiger partial charge in [-0.15, -0.1) is 0 Å². The van der Waals surface area contributed by atoms with E-state index < -0.39 is 0 Å². The van der Waals surface area contributed by atoms with Crippen LogP contribution >= 0.6 is 12.2 Å². The highest BCUT2D eigenvalue weighted by molar-refractivity contribution is 7.80. The zero-order valence-electron chi connectivity index (χ0n) is 19.5. The van der Waals surface area contributed by atoms with Gasteiger partial charge in [0.1, 0.15) is 0 Å². The topological polar surface area (TPSA) is 44.3 Å². The van der Waals surface area contributed by atoms with Gasteiger partial charge in [-0.3, -0.25) is 9.97 Å². The Morgan fingerprint density at radius 1 is 1.09 bits per heavy atom. The van der Waals surface area contributed by atoms with Crippen molar-refractivity contribution >= 4 is 28.6 Å². The summed E-state index contributed by atoms with van der Waals surface area (Å²) in [5.41, 5.74) is 7.15. The van der Waals surface area contributed by atoms with Gasteiger partial charge >= 0.3 is 0 Å². The Bertz CT molecular complexity index is 1210. The molecule has 5 nitrogen and oxygen atoms in total. The molecule has 0 spiro atoms. The van der Waals surface area contributed by atoms with Crippen molar-refractivity contribution in [1.82, 2.24) is 20.2 Å². The lowest BCUT2D eigenvalue weighted by Crippen LogP contribution is -2.42. The number of pyridine rings is 2. The number of nitrogens with one attached hydrogen (secondary N) is 1. The highest BCUT2D eigenvalue weighted by atomic mass is 32.1. The molecule has 168 valence electrons. The van der Waals surface area contributed by atoms with Crippen molar-refractivity contribution in [3.8, 4) is 0 Å². The van der Waals surface area contributed by atoms with Crippen LogP contribution in [0.2, 0.25) is 0 Å². The second kappa shape index (κ2) is 8.27. The molecular formula is C27H29N5S. The number of aromatic nitrogens is 2. The summed E-state index contributed by atoms with van der Waals surface area (Å²) in [5.74, 6) is 0. The molecule has 0 aliphatic carbocycles. The fraction of sp³-hybridized carbons (Fsp3) is 0.296. The van der Waals surface area contributed by atoms with Gasteiger partial charge in [-0.25, -0.2) is 0 Å². The highest BCUT2D eigenvalue weighted by Crippen LogP contribution is 2.44. The van der Waals surface area contributed by atoms with E-state index in [2.05, 4.69) is 89.3 Å². The van der Waals surface area contributed by atoms with Crippen LogP contribution in [0.4, 0.5) is 5.69 Å². The number of anilines is 1. The Morgan fingerprint density at radius 3 is 2.67 bits per heavy atom. The third kappa shape index (κ3) is 3.89. The lowest BCUT2D eigenvalue weighted by molar-refractivity contribution is 0.311. The zero-order chi connectivity index (χ0) is 23.2. The quantitative estimate of drug-likeness (QED) is 0.540. The van der Waals surface area contributed by atoms with E-state index in [1.807, 2.05) is 30.6 Å². The standard InChI is InChI=1S/C27H29N5S/c1-18-15-27(2,3)31(4)23-11-10-20(14-21(18)23)25-24(22-9-5-6-13-29-22)30-26(33)32(25)17-19-8-7-12-28-16-19/h5-16,24-25H,17H2,1-4H3,(H,30,33)/t24-,25+/m1/s1. The lowest BCUT2D eigenvalue weighted by atomic mass is 9.86. The molecule has 1 saturated heterocycles. The SMILES string of the molecule is CC1=CC(C)(C)N(C)c2ccc([C@H]3[C@@H](c4ccccn4)NC(=S)N3Cc3cccnc3)cc21. The Labute approximate surface area is 201 Å². The molecule has 0 amide bonds. The summed E-state index contributed by atoms with van der Waals surface area (Å²) < 4.78 is 0. The number of hydrogen-bond acceptors (Lipinski definition) is 4. The molecule has 2 aromatic heterocycles. The number of nitrogens with zero attached hydrogens (tertiary/aromatic N) is 4. The van der Waals surface area contributed by atoms with Gasteiger partial charge in [0.25, 0.3) is 0 Å². The first kappa shape index (κ1) is 21.6. The fourth-order valence-corrected chi connectivity index (χ4v) is 5.29. The van der Waals surface area contributed by atoms with Gasteiger partial charge in [0, 0.05) is 43.4 Å². The second-order valence-electron chi connectivity index (χ2n) is 9.43. The first-order valence-corrected chi connectivity index (χ1v) is 11.7. The van der Waals surface area contributed by atoms with Gasteiger partial charge in [-0.1, -0.05) is 24.3 Å². The van der Waals surface area contributed by atoms with Crippen LogP contribution in [0.3, 0.4) is 0 Å². The van der Waals surface area contributed by atoms with Crippen LogP contribution in [0, 0.1) is 0 Å². The minimum atomic E-state index is -0.0320. The number of rotatable bonds is 4. The van der Waals surface area contributed by atoms with E-state index in [9.17, 15) is 0 Å². The van der Waals surface area contributed by atoms with Crippen LogP contribution in [0.15, 0.2) is 73.2 Å². The van der Waals surface area contributed by atoms with Gasteiger partial charge in [0.2, 0.25) is 0 Å². The monoisotopic (exact) mass is 455 g/mol. The highest BCUT2D eigenvalue weighted by Gasteiger charge is 2.40. The smallest absolute Gasteiger partial charge is 0.170 e. The maximum atomic E-state index is 5.83. The van der Waals surface area contributed by atoms with Crippen LogP contribution in [0.25, 0.3) is 5.57 Å². The lowest BCUT2D eigenvalue weighted by Gasteiger charge is -2.41. The molecule has 0 unspecified atom stereocenters. The van der Waals surface area contributed by atoms with Crippen LogP contribution in [-0.4, -0.2) is 32.6 Å². The van der Waals surface area contributed by atoms with E-state index in [-0.39, 0.29) is 17.6 Å². The van der Waals surface area contributed by atoms with Crippen molar-refractivity contribution in [3.05, 3.63) is 95.6 Å². The Hall–Kier alpha value is -3.25. The fourth-order valence-electron chi connectivity index (χ4n) is 4.99. The first-order chi connectivity index (χ1) is 15.8. The summed E-state index contributed by atoms with van der Waals surface area (Å²) >= 11 is 5.83. The van der Waals surface area contributed by atoms with Crippen molar-refractivity contribution in [1.29, 1.82) is 0 Å². The average molecular weight is 456 g/mol. The minimum absolute atomic E-state index is 0.0160. The Morgan fingerprint density at radius 2 is 1.94 bits per heavy atom. The van der Waals surface area contributed by atoms with E-state index in [1.54, 1.807) is 6.20 Å². The maximum absolute atomic E-state index is 5.83. The average Bonchev–Trinajstić information content (AvgIpc) is 3.14. The first-order valence-electron chi connectivity index (χ1n) is 11.3. The van der Waals surface area contributed by atoms with Crippen molar-refractivity contribution in [2.75, 3.05) is 11.9 Å². The van der Waals surface area contributed by atoms with Gasteiger partial charge in [-0.05, 0) is 80.0 Å². The molecule has 2 aliphatic heterocycles. The van der Waals surface area contributed by atoms with E-state index in [0.717, 1.165) is 16.4 Å². The van der Waals surface area contributed by atoms with Crippen LogP contribution in [-0.2, 0) is 6.54 Å². The molecule has 1 aromatic carbocycles. The molecule has 4 heterocycles. The van der Waals surface area contributed by atoms with Gasteiger partial charge in [0.05, 0.1) is 23.3 Å². The number of thiocarbonyl (C=S) groups is 1. The Kier molecular flexibility index (Phi) is 5.41.